The fourth-order valence-electron chi connectivity index (χ4n) is 4.90. The van der Waals surface area contributed by atoms with Gasteiger partial charge in [0, 0.05) is 11.6 Å². The summed E-state index contributed by atoms with van der Waals surface area (Å²) in [5.74, 6) is 0.912. The summed E-state index contributed by atoms with van der Waals surface area (Å²) >= 11 is 13.8. The molecule has 1 atom stereocenters. The minimum absolute atomic E-state index is 0.225. The van der Waals surface area contributed by atoms with Crippen LogP contribution in [0.25, 0.3) is 17.4 Å². The summed E-state index contributed by atoms with van der Waals surface area (Å²) in [7, 11) is 0. The summed E-state index contributed by atoms with van der Waals surface area (Å²) in [6, 6.07) is 16.3. The lowest BCUT2D eigenvalue weighted by atomic mass is 9.92. The molecule has 212 valence electrons. The zero-order valence-corrected chi connectivity index (χ0v) is 25.6. The number of hydrogen-bond acceptors (Lipinski definition) is 6. The molecule has 2 aromatic carbocycles. The van der Waals surface area contributed by atoms with Crippen molar-refractivity contribution in [1.29, 1.82) is 0 Å². The van der Waals surface area contributed by atoms with Crippen molar-refractivity contribution in [3.8, 4) is 11.3 Å². The molecule has 0 fully saturated rings. The van der Waals surface area contributed by atoms with Gasteiger partial charge in [0.25, 0.3) is 5.56 Å². The molecule has 0 aliphatic carbocycles. The van der Waals surface area contributed by atoms with Crippen molar-refractivity contribution < 1.29 is 13.9 Å². The van der Waals surface area contributed by atoms with Crippen molar-refractivity contribution in [3.63, 3.8) is 0 Å². The average molecular weight is 610 g/mol. The Morgan fingerprint density at radius 1 is 1.12 bits per heavy atom. The number of benzene rings is 2. The summed E-state index contributed by atoms with van der Waals surface area (Å²) in [4.78, 5) is 32.7. The number of halogens is 2. The molecule has 6 nitrogen and oxygen atoms in total. The van der Waals surface area contributed by atoms with E-state index in [-0.39, 0.29) is 12.2 Å². The number of aromatic nitrogens is 1. The van der Waals surface area contributed by atoms with Crippen molar-refractivity contribution in [2.75, 3.05) is 6.61 Å². The van der Waals surface area contributed by atoms with Crippen LogP contribution in [0.15, 0.2) is 80.1 Å². The van der Waals surface area contributed by atoms with Crippen molar-refractivity contribution in [1.82, 2.24) is 4.57 Å². The van der Waals surface area contributed by atoms with Crippen molar-refractivity contribution in [3.05, 3.63) is 112 Å². The Kier molecular flexibility index (Phi) is 8.68. The molecule has 0 radical (unpaired) electrons. The maximum atomic E-state index is 14.0. The first kappa shape index (κ1) is 29.1. The maximum Gasteiger partial charge on any atom is 0.338 e. The van der Waals surface area contributed by atoms with Gasteiger partial charge < -0.3 is 9.15 Å². The summed E-state index contributed by atoms with van der Waals surface area (Å²) in [5.41, 5.74) is 3.44. The molecule has 1 aliphatic heterocycles. The number of nitrogens with zero attached hydrogens (tertiary/aromatic N) is 2. The first-order valence-corrected chi connectivity index (χ1v) is 15.2. The second kappa shape index (κ2) is 12.2. The minimum Gasteiger partial charge on any atom is -0.463 e. The molecule has 2 aromatic heterocycles. The highest BCUT2D eigenvalue weighted by Gasteiger charge is 2.34. The number of hydrogen-bond donors (Lipinski definition) is 0. The van der Waals surface area contributed by atoms with Gasteiger partial charge in [0.15, 0.2) is 4.80 Å². The van der Waals surface area contributed by atoms with E-state index in [9.17, 15) is 9.59 Å². The van der Waals surface area contributed by atoms with E-state index in [1.165, 1.54) is 16.9 Å². The number of ether oxygens (including phenoxy) is 1. The van der Waals surface area contributed by atoms with E-state index in [0.29, 0.717) is 60.1 Å². The first-order valence-electron chi connectivity index (χ1n) is 13.6. The lowest BCUT2D eigenvalue weighted by molar-refractivity contribution is -0.139. The molecule has 0 saturated carbocycles. The quantitative estimate of drug-likeness (QED) is 0.197. The van der Waals surface area contributed by atoms with E-state index in [4.69, 9.17) is 37.3 Å². The molecule has 0 N–H and O–H groups in total. The van der Waals surface area contributed by atoms with Crippen LogP contribution in [0.4, 0.5) is 0 Å². The molecular weight excluding hydrogens is 579 g/mol. The van der Waals surface area contributed by atoms with Gasteiger partial charge in [-0.2, -0.15) is 0 Å². The zero-order chi connectivity index (χ0) is 29.3. The summed E-state index contributed by atoms with van der Waals surface area (Å²) in [6.45, 7) is 8.29. The third-order valence-electron chi connectivity index (χ3n) is 6.93. The van der Waals surface area contributed by atoms with Crippen LogP contribution in [0.5, 0.6) is 0 Å². The van der Waals surface area contributed by atoms with Crippen LogP contribution in [0.3, 0.4) is 0 Å². The highest BCUT2D eigenvalue weighted by Crippen LogP contribution is 2.35. The summed E-state index contributed by atoms with van der Waals surface area (Å²) in [5, 5.41) is 0.824. The fourth-order valence-corrected chi connectivity index (χ4v) is 6.29. The van der Waals surface area contributed by atoms with Crippen LogP contribution in [0.2, 0.25) is 10.0 Å². The van der Waals surface area contributed by atoms with E-state index in [1.54, 1.807) is 41.8 Å². The Morgan fingerprint density at radius 2 is 1.88 bits per heavy atom. The highest BCUT2D eigenvalue weighted by molar-refractivity contribution is 7.07. The number of rotatable bonds is 8. The second-order valence-electron chi connectivity index (χ2n) is 10.0. The number of furan rings is 1. The number of allylic oxidation sites excluding steroid dienone is 1. The Bertz CT molecular complexity index is 1810. The predicted octanol–water partition coefficient (Wildman–Crippen LogP) is 7.27. The van der Waals surface area contributed by atoms with Gasteiger partial charge in [-0.1, -0.05) is 92.1 Å². The molecule has 1 aliphatic rings. The first-order chi connectivity index (χ1) is 19.7. The maximum absolute atomic E-state index is 14.0. The van der Waals surface area contributed by atoms with Gasteiger partial charge in [-0.25, -0.2) is 9.79 Å². The van der Waals surface area contributed by atoms with E-state index < -0.39 is 12.0 Å². The summed E-state index contributed by atoms with van der Waals surface area (Å²) < 4.78 is 13.6. The molecular formula is C32H30Cl2N2O4S. The highest BCUT2D eigenvalue weighted by atomic mass is 35.5. The van der Waals surface area contributed by atoms with E-state index in [2.05, 4.69) is 13.8 Å². The third kappa shape index (κ3) is 5.71. The fraction of sp³-hybridized carbons (Fsp3) is 0.281. The SMILES string of the molecule is CCCC1=C(C(=O)OCC)C(c2ccc(C(C)C)cc2)n2c(s/c(=C\c3ccc(-c4cccc(Cl)c4Cl)o3)c2=O)=N1. The van der Waals surface area contributed by atoms with Crippen molar-refractivity contribution >= 4 is 46.6 Å². The third-order valence-corrected chi connectivity index (χ3v) is 8.73. The summed E-state index contributed by atoms with van der Waals surface area (Å²) in [6.07, 6.45) is 3.07. The largest absolute Gasteiger partial charge is 0.463 e. The Labute approximate surface area is 252 Å². The number of esters is 1. The van der Waals surface area contributed by atoms with Gasteiger partial charge in [0.2, 0.25) is 0 Å². The standard InChI is InChI=1S/C32H30Cl2N2O4S/c1-5-8-24-27(31(38)39-6-2)29(20-13-11-19(12-14-20)18(3)4)36-30(37)26(41-32(36)35-24)17-21-15-16-25(40-21)22-9-7-10-23(33)28(22)34/h7,9-18,29H,5-6,8H2,1-4H3/b26-17-. The number of thiazole rings is 1. The monoisotopic (exact) mass is 608 g/mol. The number of carbonyl (C=O) groups is 1. The number of fused-ring (bicyclic) bond motifs is 1. The molecule has 0 spiro atoms. The molecule has 3 heterocycles. The van der Waals surface area contributed by atoms with Crippen LogP contribution < -0.4 is 14.9 Å². The van der Waals surface area contributed by atoms with Crippen LogP contribution in [0.1, 0.15) is 69.4 Å². The van der Waals surface area contributed by atoms with Crippen LogP contribution in [-0.4, -0.2) is 17.1 Å². The minimum atomic E-state index is -0.660. The normalized spacial score (nSPS) is 15.3. The molecule has 0 amide bonds. The molecule has 4 aromatic rings. The predicted molar refractivity (Wildman–Crippen MR) is 164 cm³/mol. The second-order valence-corrected chi connectivity index (χ2v) is 11.8. The molecule has 41 heavy (non-hydrogen) atoms. The van der Waals surface area contributed by atoms with Crippen molar-refractivity contribution in [2.24, 2.45) is 4.99 Å². The Morgan fingerprint density at radius 3 is 2.56 bits per heavy atom. The zero-order valence-electron chi connectivity index (χ0n) is 23.2. The van der Waals surface area contributed by atoms with Crippen molar-refractivity contribution in [2.45, 2.75) is 52.5 Å². The van der Waals surface area contributed by atoms with Crippen LogP contribution in [-0.2, 0) is 9.53 Å². The molecule has 0 saturated heterocycles. The smallest absolute Gasteiger partial charge is 0.338 e. The van der Waals surface area contributed by atoms with Gasteiger partial charge in [-0.3, -0.25) is 9.36 Å². The van der Waals surface area contributed by atoms with Gasteiger partial charge in [-0.05, 0) is 54.7 Å². The van der Waals surface area contributed by atoms with Crippen LogP contribution >= 0.6 is 34.5 Å². The Balaban J connectivity index is 1.67. The van der Waals surface area contributed by atoms with Gasteiger partial charge >= 0.3 is 5.97 Å². The molecule has 9 heteroatoms. The van der Waals surface area contributed by atoms with Gasteiger partial charge in [0.1, 0.15) is 11.5 Å². The Hall–Kier alpha value is -3.39. The topological polar surface area (TPSA) is 73.8 Å². The van der Waals surface area contributed by atoms with E-state index in [1.807, 2.05) is 37.3 Å². The van der Waals surface area contributed by atoms with E-state index >= 15 is 0 Å². The van der Waals surface area contributed by atoms with Gasteiger partial charge in [0.05, 0.1) is 38.5 Å². The van der Waals surface area contributed by atoms with Gasteiger partial charge in [-0.15, -0.1) is 0 Å². The number of carbonyl (C=O) groups excluding carboxylic acids is 1. The molecule has 5 rings (SSSR count). The van der Waals surface area contributed by atoms with Crippen LogP contribution in [0, 0.1) is 0 Å². The lowest BCUT2D eigenvalue weighted by Gasteiger charge is -2.26. The molecule has 0 bridgehead atoms. The lowest BCUT2D eigenvalue weighted by Crippen LogP contribution is -2.40. The van der Waals surface area contributed by atoms with E-state index in [0.717, 1.165) is 12.0 Å². The average Bonchev–Trinajstić information content (AvgIpc) is 3.54. The molecule has 1 unspecified atom stereocenters.